The number of nitrogens with zero attached hydrogens (tertiary/aromatic N) is 2. The number of hydrogen-bond donors (Lipinski definition) is 2. The van der Waals surface area contributed by atoms with Crippen molar-refractivity contribution in [1.82, 2.24) is 10.2 Å². The first-order valence-electron chi connectivity index (χ1n) is 9.74. The molecule has 1 saturated heterocycles. The van der Waals surface area contributed by atoms with E-state index in [1.807, 2.05) is 19.1 Å². The lowest BCUT2D eigenvalue weighted by Gasteiger charge is -2.22. The van der Waals surface area contributed by atoms with Gasteiger partial charge in [0.25, 0.3) is 0 Å². The van der Waals surface area contributed by atoms with Crippen LogP contribution in [0.1, 0.15) is 37.3 Å². The fourth-order valence-electron chi connectivity index (χ4n) is 3.47. The molecule has 2 aromatic rings. The molecule has 2 N–H and O–H groups in total. The number of rotatable bonds is 6. The lowest BCUT2D eigenvalue weighted by molar-refractivity contribution is 0.318. The number of phenols is 1. The molecular formula is C22H29N3O2. The maximum atomic E-state index is 9.86. The van der Waals surface area contributed by atoms with Gasteiger partial charge < -0.3 is 20.1 Å². The lowest BCUT2D eigenvalue weighted by atomic mass is 9.99. The SMILES string of the molecule is CCNC(=NCc1ccc(O)c(OCC)c1)N1CCC(c2ccccc2)C1. The van der Waals surface area contributed by atoms with Crippen molar-refractivity contribution < 1.29 is 9.84 Å². The summed E-state index contributed by atoms with van der Waals surface area (Å²) >= 11 is 0. The molecule has 0 amide bonds. The first kappa shape index (κ1) is 19.1. The van der Waals surface area contributed by atoms with Crippen LogP contribution >= 0.6 is 0 Å². The number of hydrogen-bond acceptors (Lipinski definition) is 3. The molecule has 0 bridgehead atoms. The van der Waals surface area contributed by atoms with Crippen molar-refractivity contribution in [2.45, 2.75) is 32.7 Å². The number of guanidine groups is 1. The van der Waals surface area contributed by atoms with Crippen molar-refractivity contribution >= 4 is 5.96 Å². The first-order chi connectivity index (χ1) is 13.2. The third kappa shape index (κ3) is 4.94. The highest BCUT2D eigenvalue weighted by Gasteiger charge is 2.25. The van der Waals surface area contributed by atoms with Crippen LogP contribution in [0.25, 0.3) is 0 Å². The third-order valence-corrected chi connectivity index (χ3v) is 4.83. The van der Waals surface area contributed by atoms with E-state index in [9.17, 15) is 5.11 Å². The Morgan fingerprint density at radius 3 is 2.78 bits per heavy atom. The second-order valence-electron chi connectivity index (χ2n) is 6.75. The summed E-state index contributed by atoms with van der Waals surface area (Å²) in [4.78, 5) is 7.16. The minimum Gasteiger partial charge on any atom is -0.504 e. The zero-order valence-electron chi connectivity index (χ0n) is 16.2. The normalized spacial score (nSPS) is 17.2. The molecule has 5 heteroatoms. The van der Waals surface area contributed by atoms with E-state index in [1.54, 1.807) is 6.07 Å². The minimum atomic E-state index is 0.168. The number of phenolic OH excluding ortho intramolecular Hbond substituents is 1. The smallest absolute Gasteiger partial charge is 0.194 e. The van der Waals surface area contributed by atoms with Crippen LogP contribution < -0.4 is 10.1 Å². The summed E-state index contributed by atoms with van der Waals surface area (Å²) in [7, 11) is 0. The number of aromatic hydroxyl groups is 1. The molecule has 0 radical (unpaired) electrons. The Balaban J connectivity index is 1.69. The van der Waals surface area contributed by atoms with Gasteiger partial charge in [-0.15, -0.1) is 0 Å². The summed E-state index contributed by atoms with van der Waals surface area (Å²) in [5, 5.41) is 13.3. The zero-order chi connectivity index (χ0) is 19.1. The van der Waals surface area contributed by atoms with E-state index in [4.69, 9.17) is 9.73 Å². The van der Waals surface area contributed by atoms with Crippen LogP contribution in [0.2, 0.25) is 0 Å². The zero-order valence-corrected chi connectivity index (χ0v) is 16.2. The number of nitrogens with one attached hydrogen (secondary N) is 1. The first-order valence-corrected chi connectivity index (χ1v) is 9.74. The van der Waals surface area contributed by atoms with Crippen LogP contribution in [-0.2, 0) is 6.54 Å². The Hall–Kier alpha value is -2.69. The molecule has 3 rings (SSSR count). The van der Waals surface area contributed by atoms with Crippen molar-refractivity contribution in [1.29, 1.82) is 0 Å². The summed E-state index contributed by atoms with van der Waals surface area (Å²) < 4.78 is 5.47. The highest BCUT2D eigenvalue weighted by molar-refractivity contribution is 5.80. The number of ether oxygens (including phenoxy) is 1. The largest absolute Gasteiger partial charge is 0.504 e. The van der Waals surface area contributed by atoms with Crippen LogP contribution in [0.3, 0.4) is 0 Å². The number of benzene rings is 2. The Bertz CT molecular complexity index is 761. The molecule has 1 aliphatic heterocycles. The van der Waals surface area contributed by atoms with Crippen LogP contribution in [0, 0.1) is 0 Å². The third-order valence-electron chi connectivity index (χ3n) is 4.83. The molecular weight excluding hydrogens is 338 g/mol. The van der Waals surface area contributed by atoms with Gasteiger partial charge >= 0.3 is 0 Å². The quantitative estimate of drug-likeness (QED) is 0.603. The molecule has 1 heterocycles. The maximum absolute atomic E-state index is 9.86. The molecule has 1 unspecified atom stereocenters. The molecule has 0 saturated carbocycles. The molecule has 1 atom stereocenters. The molecule has 144 valence electrons. The molecule has 5 nitrogen and oxygen atoms in total. The Morgan fingerprint density at radius 1 is 1.22 bits per heavy atom. The average molecular weight is 367 g/mol. The molecule has 0 aliphatic carbocycles. The van der Waals surface area contributed by atoms with Crippen LogP contribution in [-0.4, -0.2) is 42.2 Å². The summed E-state index contributed by atoms with van der Waals surface area (Å²) in [5.74, 6) is 2.18. The molecule has 1 aliphatic rings. The monoisotopic (exact) mass is 367 g/mol. The highest BCUT2D eigenvalue weighted by Crippen LogP contribution is 2.28. The van der Waals surface area contributed by atoms with Crippen LogP contribution in [0.15, 0.2) is 53.5 Å². The fourth-order valence-corrected chi connectivity index (χ4v) is 3.47. The van der Waals surface area contributed by atoms with E-state index in [1.165, 1.54) is 5.56 Å². The number of likely N-dealkylation sites (tertiary alicyclic amines) is 1. The van der Waals surface area contributed by atoms with Crippen molar-refractivity contribution in [2.75, 3.05) is 26.2 Å². The van der Waals surface area contributed by atoms with Gasteiger partial charge in [0.05, 0.1) is 13.2 Å². The van der Waals surface area contributed by atoms with Crippen molar-refractivity contribution in [2.24, 2.45) is 4.99 Å². The van der Waals surface area contributed by atoms with E-state index in [0.717, 1.165) is 37.6 Å². The van der Waals surface area contributed by atoms with Gasteiger partial charge in [-0.3, -0.25) is 0 Å². The van der Waals surface area contributed by atoms with Crippen LogP contribution in [0.5, 0.6) is 11.5 Å². The van der Waals surface area contributed by atoms with Crippen molar-refractivity contribution in [3.63, 3.8) is 0 Å². The average Bonchev–Trinajstić information content (AvgIpc) is 3.18. The number of aliphatic imine (C=N–C) groups is 1. The standard InChI is InChI=1S/C22H29N3O2/c1-3-23-22(24-15-17-10-11-20(26)21(14-17)27-4-2)25-13-12-19(16-25)18-8-6-5-7-9-18/h5-11,14,19,26H,3-4,12-13,15-16H2,1-2H3,(H,23,24). The Labute approximate surface area is 161 Å². The van der Waals surface area contributed by atoms with E-state index in [2.05, 4.69) is 47.5 Å². The van der Waals surface area contributed by atoms with Crippen LogP contribution in [0.4, 0.5) is 0 Å². The van der Waals surface area contributed by atoms with Crippen molar-refractivity contribution in [3.8, 4) is 11.5 Å². The Kier molecular flexibility index (Phi) is 6.58. The maximum Gasteiger partial charge on any atom is 0.194 e. The Morgan fingerprint density at radius 2 is 2.04 bits per heavy atom. The van der Waals surface area contributed by atoms with Gasteiger partial charge in [0.2, 0.25) is 0 Å². The summed E-state index contributed by atoms with van der Waals surface area (Å²) in [5.41, 5.74) is 2.42. The topological polar surface area (TPSA) is 57.1 Å². The lowest BCUT2D eigenvalue weighted by Crippen LogP contribution is -2.40. The molecule has 0 spiro atoms. The molecule has 1 fully saturated rings. The van der Waals surface area contributed by atoms with Crippen molar-refractivity contribution in [3.05, 3.63) is 59.7 Å². The second-order valence-corrected chi connectivity index (χ2v) is 6.75. The predicted octanol–water partition coefficient (Wildman–Crippen LogP) is 3.75. The van der Waals surface area contributed by atoms with E-state index in [-0.39, 0.29) is 5.75 Å². The van der Waals surface area contributed by atoms with Gasteiger partial charge in [-0.2, -0.15) is 0 Å². The highest BCUT2D eigenvalue weighted by atomic mass is 16.5. The van der Waals surface area contributed by atoms with Gasteiger partial charge in [-0.25, -0.2) is 4.99 Å². The molecule has 2 aromatic carbocycles. The van der Waals surface area contributed by atoms with Gasteiger partial charge in [-0.05, 0) is 43.5 Å². The predicted molar refractivity (Wildman–Crippen MR) is 109 cm³/mol. The molecule has 0 aromatic heterocycles. The van der Waals surface area contributed by atoms with E-state index < -0.39 is 0 Å². The van der Waals surface area contributed by atoms with E-state index >= 15 is 0 Å². The summed E-state index contributed by atoms with van der Waals surface area (Å²) in [6, 6.07) is 16.1. The second kappa shape index (κ2) is 9.31. The van der Waals surface area contributed by atoms with Gasteiger partial charge in [0.15, 0.2) is 17.5 Å². The molecule has 27 heavy (non-hydrogen) atoms. The van der Waals surface area contributed by atoms with E-state index in [0.29, 0.717) is 24.8 Å². The summed E-state index contributed by atoms with van der Waals surface area (Å²) in [6.45, 7) is 7.90. The fraction of sp³-hybridized carbons (Fsp3) is 0.409. The minimum absolute atomic E-state index is 0.168. The van der Waals surface area contributed by atoms with Gasteiger partial charge in [0.1, 0.15) is 0 Å². The van der Waals surface area contributed by atoms with Gasteiger partial charge in [-0.1, -0.05) is 36.4 Å². The van der Waals surface area contributed by atoms with Gasteiger partial charge in [0, 0.05) is 25.6 Å². The summed E-state index contributed by atoms with van der Waals surface area (Å²) in [6.07, 6.45) is 1.14.